The van der Waals surface area contributed by atoms with Crippen LogP contribution in [0.4, 0.5) is 17.6 Å². The van der Waals surface area contributed by atoms with Crippen LogP contribution in [0.5, 0.6) is 0 Å². The lowest BCUT2D eigenvalue weighted by atomic mass is 10.1. The second kappa shape index (κ2) is 10.7. The zero-order valence-electron chi connectivity index (χ0n) is 21.2. The quantitative estimate of drug-likeness (QED) is 0.124. The van der Waals surface area contributed by atoms with Gasteiger partial charge in [-0.1, -0.05) is 0 Å². The summed E-state index contributed by atoms with van der Waals surface area (Å²) in [7, 11) is 0. The Kier molecular flexibility index (Phi) is 7.78. The van der Waals surface area contributed by atoms with Crippen molar-refractivity contribution in [1.29, 1.82) is 10.5 Å². The Morgan fingerprint density at radius 1 is 0.700 bits per heavy atom. The summed E-state index contributed by atoms with van der Waals surface area (Å²) in [5.41, 5.74) is -0.592. The molecule has 4 heterocycles. The molecule has 0 aliphatic carbocycles. The first kappa shape index (κ1) is 29.2. The van der Waals surface area contributed by atoms with E-state index >= 15 is 0 Å². The number of aryl methyl sites for hydroxylation is 2. The first-order valence-electron chi connectivity index (χ1n) is 11.3. The predicted octanol–water partition coefficient (Wildman–Crippen LogP) is 10.7. The smallest absolute Gasteiger partial charge is 0.226 e. The molecule has 0 N–H and O–H groups in total. The maximum Gasteiger partial charge on any atom is 0.272 e. The van der Waals surface area contributed by atoms with Gasteiger partial charge in [0, 0.05) is 52.5 Å². The van der Waals surface area contributed by atoms with Crippen molar-refractivity contribution in [3.8, 4) is 31.6 Å². The Morgan fingerprint density at radius 3 is 1.32 bits per heavy atom. The number of fused-ring (bicyclic) bond motifs is 1. The summed E-state index contributed by atoms with van der Waals surface area (Å²) in [6.07, 6.45) is 0. The van der Waals surface area contributed by atoms with Gasteiger partial charge in [-0.2, -0.15) is 0 Å². The van der Waals surface area contributed by atoms with Crippen molar-refractivity contribution in [3.05, 3.63) is 79.4 Å². The molecule has 0 amide bonds. The van der Waals surface area contributed by atoms with Crippen LogP contribution in [0, 0.1) is 49.7 Å². The summed E-state index contributed by atoms with van der Waals surface area (Å²) in [5, 5.41) is 18.4. The number of nitriles is 2. The van der Waals surface area contributed by atoms with Gasteiger partial charge in [-0.15, -0.1) is 45.3 Å². The van der Waals surface area contributed by atoms with E-state index in [0.29, 0.717) is 13.8 Å². The van der Waals surface area contributed by atoms with E-state index in [1.807, 2.05) is 13.8 Å². The summed E-state index contributed by atoms with van der Waals surface area (Å²) < 4.78 is 59.4. The van der Waals surface area contributed by atoms with E-state index in [-0.39, 0.29) is 9.75 Å². The maximum absolute atomic E-state index is 14.4. The lowest BCUT2D eigenvalue weighted by molar-refractivity contribution is 0.0884. The van der Waals surface area contributed by atoms with Gasteiger partial charge >= 0.3 is 0 Å². The molecule has 4 aromatic rings. The van der Waals surface area contributed by atoms with E-state index in [1.165, 1.54) is 34.8 Å². The Labute approximate surface area is 243 Å². The molecule has 0 unspecified atom stereocenters. The van der Waals surface area contributed by atoms with Gasteiger partial charge in [-0.25, -0.2) is 37.8 Å². The zero-order valence-corrected chi connectivity index (χ0v) is 24.5. The fraction of sp³-hybridized carbons (Fsp3) is 0.214. The molecule has 0 bridgehead atoms. The first-order valence-corrected chi connectivity index (χ1v) is 14.6. The lowest BCUT2D eigenvalue weighted by Crippen LogP contribution is -2.13. The summed E-state index contributed by atoms with van der Waals surface area (Å²) in [6.45, 7) is 19.5. The Morgan fingerprint density at radius 2 is 1.05 bits per heavy atom. The molecule has 0 saturated carbocycles. The molecule has 0 atom stereocenters. The van der Waals surface area contributed by atoms with Crippen molar-refractivity contribution in [1.82, 2.24) is 0 Å². The molecule has 0 aromatic carbocycles. The van der Waals surface area contributed by atoms with Crippen LogP contribution < -0.4 is 0 Å². The van der Waals surface area contributed by atoms with Crippen LogP contribution in [0.1, 0.15) is 34.7 Å². The molecule has 40 heavy (non-hydrogen) atoms. The number of alkyl halides is 4. The van der Waals surface area contributed by atoms with Crippen LogP contribution >= 0.6 is 45.3 Å². The van der Waals surface area contributed by atoms with Crippen LogP contribution in [0.2, 0.25) is 0 Å². The molecule has 0 radical (unpaired) electrons. The first-order chi connectivity index (χ1) is 18.8. The lowest BCUT2D eigenvalue weighted by Gasteiger charge is -2.14. The van der Waals surface area contributed by atoms with Gasteiger partial charge in [0.15, 0.2) is 0 Å². The normalized spacial score (nSPS) is 13.2. The van der Waals surface area contributed by atoms with Gasteiger partial charge in [-0.05, 0) is 49.2 Å². The van der Waals surface area contributed by atoms with Gasteiger partial charge in [0.25, 0.3) is 23.2 Å². The predicted molar refractivity (Wildman–Crippen MR) is 155 cm³/mol. The third-order valence-corrected chi connectivity index (χ3v) is 11.4. The number of halogens is 4. The standard InChI is InChI=1S/C28H16F4N4S4/c1-13-23(19-9-7-17(37-19)21(27(3,29)30)15(11-33)35-5)39-26-14(2)24(40-25(13)26)20-10-8-18(38-20)22(28(4,31)32)16(12-34)36-6/h7-10H,1-4H3/b21-15-,22-16+. The molecular weight excluding hydrogens is 597 g/mol. The summed E-state index contributed by atoms with van der Waals surface area (Å²) >= 11 is 5.16. The zero-order chi connectivity index (χ0) is 29.6. The van der Waals surface area contributed by atoms with Crippen molar-refractivity contribution >= 4 is 65.9 Å². The highest BCUT2D eigenvalue weighted by Gasteiger charge is 2.35. The van der Waals surface area contributed by atoms with E-state index in [9.17, 15) is 28.1 Å². The largest absolute Gasteiger partial charge is 0.272 e. The highest BCUT2D eigenvalue weighted by molar-refractivity contribution is 7.34. The number of allylic oxidation sites excluding steroid dienone is 4. The number of rotatable bonds is 6. The van der Waals surface area contributed by atoms with Gasteiger partial charge in [0.1, 0.15) is 0 Å². The third kappa shape index (κ3) is 5.08. The molecule has 0 aliphatic heterocycles. The molecule has 0 saturated heterocycles. The van der Waals surface area contributed by atoms with Crippen LogP contribution in [0.15, 0.2) is 35.7 Å². The van der Waals surface area contributed by atoms with Crippen LogP contribution in [0.3, 0.4) is 0 Å². The number of hydrogen-bond donors (Lipinski definition) is 0. The number of thiophene rings is 4. The summed E-state index contributed by atoms with van der Waals surface area (Å²) in [6, 6.07) is 9.57. The van der Waals surface area contributed by atoms with Crippen LogP contribution in [-0.4, -0.2) is 11.8 Å². The third-order valence-electron chi connectivity index (χ3n) is 5.92. The van der Waals surface area contributed by atoms with Crippen molar-refractivity contribution in [3.63, 3.8) is 0 Å². The second-order valence-corrected chi connectivity index (χ2v) is 13.0. The van der Waals surface area contributed by atoms with E-state index in [1.54, 1.807) is 24.3 Å². The van der Waals surface area contributed by atoms with Gasteiger partial charge in [-0.3, -0.25) is 0 Å². The topological polar surface area (TPSA) is 56.3 Å². The maximum atomic E-state index is 14.4. The van der Waals surface area contributed by atoms with Crippen molar-refractivity contribution in [2.75, 3.05) is 0 Å². The van der Waals surface area contributed by atoms with Crippen LogP contribution in [-0.2, 0) is 0 Å². The highest BCUT2D eigenvalue weighted by atomic mass is 32.1. The SMILES string of the molecule is [C-]#[N+]/C(C#N)=C(\c1ccc(-c2sc3c(C)c(-c4ccc(/C(=C(\C#N)[N+]#[C-])C(C)(F)F)s4)sc3c2C)s1)C(C)(F)F. The fourth-order valence-corrected chi connectivity index (χ4v) is 9.57. The molecule has 0 spiro atoms. The van der Waals surface area contributed by atoms with Gasteiger partial charge in [0.2, 0.25) is 0 Å². The second-order valence-electron chi connectivity index (χ2n) is 8.77. The molecule has 4 rings (SSSR count). The average molecular weight is 613 g/mol. The van der Waals surface area contributed by atoms with Crippen LogP contribution in [0.25, 0.3) is 49.7 Å². The van der Waals surface area contributed by atoms with Crippen molar-refractivity contribution < 1.29 is 17.6 Å². The minimum atomic E-state index is -3.37. The number of nitrogens with zero attached hydrogens (tertiary/aromatic N) is 4. The minimum absolute atomic E-state index is 0.155. The Balaban J connectivity index is 1.79. The van der Waals surface area contributed by atoms with Crippen molar-refractivity contribution in [2.45, 2.75) is 39.5 Å². The number of hydrogen-bond acceptors (Lipinski definition) is 6. The van der Waals surface area contributed by atoms with Gasteiger partial charge in [0.05, 0.1) is 36.4 Å². The molecule has 12 heteroatoms. The molecule has 0 aliphatic rings. The van der Waals surface area contributed by atoms with E-state index in [0.717, 1.165) is 62.7 Å². The van der Waals surface area contributed by atoms with Crippen molar-refractivity contribution in [2.24, 2.45) is 0 Å². The molecule has 4 aromatic heterocycles. The monoisotopic (exact) mass is 612 g/mol. The van der Waals surface area contributed by atoms with E-state index in [4.69, 9.17) is 13.1 Å². The van der Waals surface area contributed by atoms with E-state index < -0.39 is 34.4 Å². The molecule has 4 nitrogen and oxygen atoms in total. The molecule has 200 valence electrons. The Hall–Kier alpha value is -3.78. The van der Waals surface area contributed by atoms with Gasteiger partial charge < -0.3 is 0 Å². The summed E-state index contributed by atoms with van der Waals surface area (Å²) in [5.74, 6) is -6.74. The minimum Gasteiger partial charge on any atom is -0.226 e. The Bertz CT molecular complexity index is 1720. The van der Waals surface area contributed by atoms with E-state index in [2.05, 4.69) is 9.69 Å². The molecular formula is C28H16F4N4S4. The highest BCUT2D eigenvalue weighted by Crippen LogP contribution is 2.51. The summed E-state index contributed by atoms with van der Waals surface area (Å²) in [4.78, 5) is 9.52. The fourth-order valence-electron chi connectivity index (χ4n) is 4.16. The molecule has 0 fully saturated rings. The average Bonchev–Trinajstić information content (AvgIpc) is 3.65.